The summed E-state index contributed by atoms with van der Waals surface area (Å²) in [7, 11) is 0. The van der Waals surface area contributed by atoms with Gasteiger partial charge in [-0.2, -0.15) is 0 Å². The molecule has 0 aromatic rings. The van der Waals surface area contributed by atoms with Crippen molar-refractivity contribution in [2.24, 2.45) is 28.6 Å². The maximum Gasteiger partial charge on any atom is 0.0724 e. The molecule has 7 atom stereocenters. The lowest BCUT2D eigenvalue weighted by Gasteiger charge is -2.49. The zero-order valence-corrected chi connectivity index (χ0v) is 16.2. The predicted molar refractivity (Wildman–Crippen MR) is 99.7 cm³/mol. The molecule has 2 fully saturated rings. The molecule has 0 aromatic heterocycles. The number of fused-ring (bicyclic) bond motifs is 1. The van der Waals surface area contributed by atoms with Gasteiger partial charge in [-0.15, -0.1) is 0 Å². The highest BCUT2D eigenvalue weighted by molar-refractivity contribution is 5.22. The number of aliphatic hydroxyl groups excluding tert-OH is 2. The minimum Gasteiger partial charge on any atom is -0.393 e. The summed E-state index contributed by atoms with van der Waals surface area (Å²) in [6.07, 6.45) is 12.5. The summed E-state index contributed by atoms with van der Waals surface area (Å²) in [5.41, 5.74) is 2.15. The Morgan fingerprint density at radius 3 is 2.62 bits per heavy atom. The highest BCUT2D eigenvalue weighted by Crippen LogP contribution is 2.60. The molecule has 2 heteroatoms. The van der Waals surface area contributed by atoms with Gasteiger partial charge in [0.05, 0.1) is 12.2 Å². The lowest BCUT2D eigenvalue weighted by atomic mass is 9.56. The molecule has 0 radical (unpaired) electrons. The molecule has 0 bridgehead atoms. The summed E-state index contributed by atoms with van der Waals surface area (Å²) in [6.45, 7) is 9.22. The van der Waals surface area contributed by atoms with Crippen molar-refractivity contribution in [3.8, 4) is 0 Å². The van der Waals surface area contributed by atoms with Crippen LogP contribution in [0, 0.1) is 28.6 Å². The second kappa shape index (κ2) is 6.76. The Labute approximate surface area is 148 Å². The van der Waals surface area contributed by atoms with Crippen molar-refractivity contribution in [1.29, 1.82) is 0 Å². The van der Waals surface area contributed by atoms with Gasteiger partial charge in [0.2, 0.25) is 0 Å². The van der Waals surface area contributed by atoms with Gasteiger partial charge in [0.15, 0.2) is 0 Å². The first-order valence-electron chi connectivity index (χ1n) is 10.4. The van der Waals surface area contributed by atoms with Crippen molar-refractivity contribution in [3.63, 3.8) is 0 Å². The van der Waals surface area contributed by atoms with Crippen LogP contribution in [0.15, 0.2) is 11.6 Å². The van der Waals surface area contributed by atoms with Gasteiger partial charge >= 0.3 is 0 Å². The highest BCUT2D eigenvalue weighted by atomic mass is 16.3. The average Bonchev–Trinajstić information content (AvgIpc) is 2.82. The molecular formula is C22H38O2. The van der Waals surface area contributed by atoms with Gasteiger partial charge in [-0.1, -0.05) is 38.8 Å². The first-order valence-corrected chi connectivity index (χ1v) is 10.4. The lowest BCUT2D eigenvalue weighted by Crippen LogP contribution is -2.41. The van der Waals surface area contributed by atoms with Crippen LogP contribution in [0.25, 0.3) is 0 Å². The van der Waals surface area contributed by atoms with Gasteiger partial charge in [0.1, 0.15) is 0 Å². The Balaban J connectivity index is 1.80. The Morgan fingerprint density at radius 2 is 1.96 bits per heavy atom. The van der Waals surface area contributed by atoms with Crippen LogP contribution in [0.3, 0.4) is 0 Å². The third-order valence-corrected chi connectivity index (χ3v) is 8.06. The van der Waals surface area contributed by atoms with Gasteiger partial charge in [-0.3, -0.25) is 0 Å². The second-order valence-corrected chi connectivity index (χ2v) is 9.71. The van der Waals surface area contributed by atoms with E-state index in [2.05, 4.69) is 26.8 Å². The Bertz CT molecular complexity index is 482. The predicted octanol–water partition coefficient (Wildman–Crippen LogP) is 5.09. The van der Waals surface area contributed by atoms with Crippen LogP contribution in [0.2, 0.25) is 0 Å². The van der Waals surface area contributed by atoms with E-state index in [1.165, 1.54) is 44.1 Å². The van der Waals surface area contributed by atoms with E-state index in [-0.39, 0.29) is 12.2 Å². The Kier molecular flexibility index (Phi) is 5.20. The highest BCUT2D eigenvalue weighted by Gasteiger charge is 2.51. The molecular weight excluding hydrogens is 296 g/mol. The van der Waals surface area contributed by atoms with E-state index in [0.717, 1.165) is 37.0 Å². The average molecular weight is 335 g/mol. The van der Waals surface area contributed by atoms with Gasteiger partial charge in [-0.05, 0) is 86.9 Å². The standard InChI is InChI=1S/C22H38O2/c1-5-17-8-9-20(22(17,4)13-15(2)23)16-6-7-18-12-19(24)10-11-21(18,3)14-16/h12,15-17,19-20,23-24H,5-11,13-14H2,1-4H3. The number of rotatable bonds is 4. The molecule has 0 aliphatic heterocycles. The van der Waals surface area contributed by atoms with E-state index < -0.39 is 0 Å². The third kappa shape index (κ3) is 3.21. The largest absolute Gasteiger partial charge is 0.393 e. The molecule has 0 aromatic carbocycles. The molecule has 2 nitrogen and oxygen atoms in total. The molecule has 0 heterocycles. The second-order valence-electron chi connectivity index (χ2n) is 9.71. The number of aliphatic hydroxyl groups is 2. The van der Waals surface area contributed by atoms with Crippen molar-refractivity contribution in [2.45, 2.75) is 97.7 Å². The zero-order valence-electron chi connectivity index (χ0n) is 16.2. The van der Waals surface area contributed by atoms with E-state index >= 15 is 0 Å². The van der Waals surface area contributed by atoms with Crippen molar-refractivity contribution < 1.29 is 10.2 Å². The number of allylic oxidation sites excluding steroid dienone is 1. The van der Waals surface area contributed by atoms with Crippen LogP contribution in [0.5, 0.6) is 0 Å². The maximum atomic E-state index is 10.1. The fourth-order valence-electron chi connectivity index (χ4n) is 6.87. The molecule has 3 aliphatic rings. The quantitative estimate of drug-likeness (QED) is 0.703. The summed E-state index contributed by atoms with van der Waals surface area (Å²) < 4.78 is 0. The number of hydrogen-bond donors (Lipinski definition) is 2. The zero-order chi connectivity index (χ0) is 17.5. The normalized spacial score (nSPS) is 47.2. The van der Waals surface area contributed by atoms with Gasteiger partial charge < -0.3 is 10.2 Å². The van der Waals surface area contributed by atoms with Crippen LogP contribution in [0.4, 0.5) is 0 Å². The first-order chi connectivity index (χ1) is 11.3. The molecule has 2 saturated carbocycles. The molecule has 3 aliphatic carbocycles. The van der Waals surface area contributed by atoms with Gasteiger partial charge in [-0.25, -0.2) is 0 Å². The van der Waals surface area contributed by atoms with E-state index in [1.54, 1.807) is 0 Å². The van der Waals surface area contributed by atoms with Crippen LogP contribution in [0.1, 0.15) is 85.5 Å². The van der Waals surface area contributed by atoms with Crippen LogP contribution < -0.4 is 0 Å². The summed E-state index contributed by atoms with van der Waals surface area (Å²) in [4.78, 5) is 0. The SMILES string of the molecule is CCC1CCC(C2CCC3=CC(O)CCC3(C)C2)C1(C)CC(C)O. The summed E-state index contributed by atoms with van der Waals surface area (Å²) >= 11 is 0. The third-order valence-electron chi connectivity index (χ3n) is 8.06. The fraction of sp³-hybridized carbons (Fsp3) is 0.909. The van der Waals surface area contributed by atoms with Crippen molar-refractivity contribution in [1.82, 2.24) is 0 Å². The molecule has 7 unspecified atom stereocenters. The van der Waals surface area contributed by atoms with Crippen LogP contribution >= 0.6 is 0 Å². The smallest absolute Gasteiger partial charge is 0.0724 e. The molecule has 24 heavy (non-hydrogen) atoms. The fourth-order valence-corrected chi connectivity index (χ4v) is 6.87. The Hall–Kier alpha value is -0.340. The van der Waals surface area contributed by atoms with E-state index in [0.29, 0.717) is 10.8 Å². The van der Waals surface area contributed by atoms with Crippen molar-refractivity contribution >= 4 is 0 Å². The topological polar surface area (TPSA) is 40.5 Å². The van der Waals surface area contributed by atoms with E-state index in [1.807, 2.05) is 6.92 Å². The minimum atomic E-state index is -0.207. The van der Waals surface area contributed by atoms with Crippen molar-refractivity contribution in [3.05, 3.63) is 11.6 Å². The van der Waals surface area contributed by atoms with Gasteiger partial charge in [0.25, 0.3) is 0 Å². The van der Waals surface area contributed by atoms with E-state index in [9.17, 15) is 10.2 Å². The monoisotopic (exact) mass is 334 g/mol. The summed E-state index contributed by atoms with van der Waals surface area (Å²) in [5, 5.41) is 20.1. The summed E-state index contributed by atoms with van der Waals surface area (Å²) in [5.74, 6) is 2.33. The summed E-state index contributed by atoms with van der Waals surface area (Å²) in [6, 6.07) is 0. The first kappa shape index (κ1) is 18.5. The molecule has 0 spiro atoms. The minimum absolute atomic E-state index is 0.191. The van der Waals surface area contributed by atoms with Crippen LogP contribution in [-0.4, -0.2) is 22.4 Å². The maximum absolute atomic E-state index is 10.1. The van der Waals surface area contributed by atoms with Crippen LogP contribution in [-0.2, 0) is 0 Å². The molecule has 0 saturated heterocycles. The number of hydrogen-bond acceptors (Lipinski definition) is 2. The lowest BCUT2D eigenvalue weighted by molar-refractivity contribution is 0.0147. The Morgan fingerprint density at radius 1 is 1.21 bits per heavy atom. The molecule has 0 amide bonds. The molecule has 2 N–H and O–H groups in total. The van der Waals surface area contributed by atoms with Gasteiger partial charge in [0, 0.05) is 0 Å². The van der Waals surface area contributed by atoms with Crippen molar-refractivity contribution in [2.75, 3.05) is 0 Å². The molecule has 3 rings (SSSR count). The van der Waals surface area contributed by atoms with E-state index in [4.69, 9.17) is 0 Å². The molecule has 138 valence electrons.